The van der Waals surface area contributed by atoms with Crippen LogP contribution in [0.1, 0.15) is 12.0 Å². The molecule has 0 spiro atoms. The minimum atomic E-state index is 0.0297. The number of nitrogens with zero attached hydrogens (tertiary/aromatic N) is 3. The summed E-state index contributed by atoms with van der Waals surface area (Å²) < 4.78 is 0. The lowest BCUT2D eigenvalue weighted by Crippen LogP contribution is -2.34. The van der Waals surface area contributed by atoms with Gasteiger partial charge in [0.2, 0.25) is 5.91 Å². The van der Waals surface area contributed by atoms with Crippen LogP contribution in [0.15, 0.2) is 29.7 Å². The highest BCUT2D eigenvalue weighted by Gasteiger charge is 2.14. The molecule has 19 heavy (non-hydrogen) atoms. The van der Waals surface area contributed by atoms with Gasteiger partial charge in [-0.15, -0.1) is 0 Å². The minimum Gasteiger partial charge on any atom is -0.409 e. The highest BCUT2D eigenvalue weighted by Crippen LogP contribution is 2.06. The van der Waals surface area contributed by atoms with E-state index in [2.05, 4.69) is 10.1 Å². The number of hydrogen-bond acceptors (Lipinski definition) is 5. The molecule has 7 heteroatoms. The maximum atomic E-state index is 12.0. The summed E-state index contributed by atoms with van der Waals surface area (Å²) >= 11 is 1.47. The summed E-state index contributed by atoms with van der Waals surface area (Å²) in [5, 5.41) is 11.4. The number of thioether (sulfide) groups is 1. The molecule has 0 aliphatic carbocycles. The fraction of sp³-hybridized carbons (Fsp3) is 0.417. The third-order valence-electron chi connectivity index (χ3n) is 2.48. The Morgan fingerprint density at radius 2 is 2.42 bits per heavy atom. The number of amides is 1. The summed E-state index contributed by atoms with van der Waals surface area (Å²) in [6, 6.07) is 3.74. The van der Waals surface area contributed by atoms with Gasteiger partial charge >= 0.3 is 0 Å². The topological polar surface area (TPSA) is 91.8 Å². The predicted octanol–water partition coefficient (Wildman–Crippen LogP) is 0.910. The zero-order valence-corrected chi connectivity index (χ0v) is 11.6. The fourth-order valence-corrected chi connectivity index (χ4v) is 1.95. The van der Waals surface area contributed by atoms with Crippen LogP contribution in [0.25, 0.3) is 0 Å². The molecular formula is C12H18N4O2S. The SMILES string of the molecule is CSCC(=O)N(CCC(N)=NO)Cc1cccnc1. The molecule has 0 radical (unpaired) electrons. The van der Waals surface area contributed by atoms with Crippen LogP contribution in [-0.2, 0) is 11.3 Å². The Labute approximate surface area is 116 Å². The van der Waals surface area contributed by atoms with Gasteiger partial charge in [0, 0.05) is 31.9 Å². The van der Waals surface area contributed by atoms with Crippen LogP contribution in [0.4, 0.5) is 0 Å². The van der Waals surface area contributed by atoms with Crippen molar-refractivity contribution in [1.82, 2.24) is 9.88 Å². The van der Waals surface area contributed by atoms with Crippen LogP contribution in [-0.4, -0.2) is 45.4 Å². The van der Waals surface area contributed by atoms with E-state index < -0.39 is 0 Å². The average Bonchev–Trinajstić information content (AvgIpc) is 2.44. The lowest BCUT2D eigenvalue weighted by Gasteiger charge is -2.22. The van der Waals surface area contributed by atoms with Crippen LogP contribution < -0.4 is 5.73 Å². The second kappa shape index (κ2) is 8.36. The van der Waals surface area contributed by atoms with E-state index in [9.17, 15) is 4.79 Å². The summed E-state index contributed by atoms with van der Waals surface area (Å²) in [4.78, 5) is 17.7. The third kappa shape index (κ3) is 5.60. The van der Waals surface area contributed by atoms with Crippen LogP contribution >= 0.6 is 11.8 Å². The normalized spacial score (nSPS) is 11.3. The largest absolute Gasteiger partial charge is 0.409 e. The van der Waals surface area contributed by atoms with Gasteiger partial charge in [-0.25, -0.2) is 0 Å². The van der Waals surface area contributed by atoms with Crippen molar-refractivity contribution in [2.24, 2.45) is 10.9 Å². The van der Waals surface area contributed by atoms with Crippen LogP contribution in [0, 0.1) is 0 Å². The number of rotatable bonds is 7. The maximum absolute atomic E-state index is 12.0. The van der Waals surface area contributed by atoms with Gasteiger partial charge in [-0.05, 0) is 17.9 Å². The van der Waals surface area contributed by atoms with Gasteiger partial charge in [0.15, 0.2) is 0 Å². The molecule has 0 aromatic carbocycles. The number of oxime groups is 1. The Morgan fingerprint density at radius 1 is 1.63 bits per heavy atom. The summed E-state index contributed by atoms with van der Waals surface area (Å²) in [6.07, 6.45) is 5.64. The molecule has 1 aromatic heterocycles. The Balaban J connectivity index is 2.66. The molecule has 1 amide bonds. The van der Waals surface area contributed by atoms with Crippen molar-refractivity contribution in [2.75, 3.05) is 18.6 Å². The molecule has 0 saturated carbocycles. The van der Waals surface area contributed by atoms with Gasteiger partial charge in [0.25, 0.3) is 0 Å². The molecule has 0 bridgehead atoms. The molecule has 0 atom stereocenters. The molecule has 1 aromatic rings. The first-order valence-electron chi connectivity index (χ1n) is 5.79. The van der Waals surface area contributed by atoms with Crippen LogP contribution in [0.3, 0.4) is 0 Å². The van der Waals surface area contributed by atoms with E-state index in [1.54, 1.807) is 17.3 Å². The average molecular weight is 282 g/mol. The van der Waals surface area contributed by atoms with Crippen molar-refractivity contribution in [3.8, 4) is 0 Å². The van der Waals surface area contributed by atoms with E-state index in [0.717, 1.165) is 5.56 Å². The van der Waals surface area contributed by atoms with Crippen molar-refractivity contribution in [2.45, 2.75) is 13.0 Å². The number of hydrogen-bond donors (Lipinski definition) is 2. The maximum Gasteiger partial charge on any atom is 0.232 e. The number of aromatic nitrogens is 1. The number of pyridine rings is 1. The molecule has 0 unspecified atom stereocenters. The summed E-state index contributed by atoms with van der Waals surface area (Å²) in [5.74, 6) is 0.561. The Kier molecular flexibility index (Phi) is 6.73. The minimum absolute atomic E-state index is 0.0297. The van der Waals surface area contributed by atoms with Gasteiger partial charge in [-0.2, -0.15) is 11.8 Å². The number of nitrogens with two attached hydrogens (primary N) is 1. The summed E-state index contributed by atoms with van der Waals surface area (Å²) in [5.41, 5.74) is 6.39. The molecule has 1 rings (SSSR count). The first-order chi connectivity index (χ1) is 9.17. The Morgan fingerprint density at radius 3 is 3.00 bits per heavy atom. The van der Waals surface area contributed by atoms with Gasteiger partial charge in [-0.3, -0.25) is 9.78 Å². The number of carbonyl (C=O) groups excluding carboxylic acids is 1. The van der Waals surface area contributed by atoms with E-state index in [1.165, 1.54) is 11.8 Å². The van der Waals surface area contributed by atoms with E-state index in [-0.39, 0.29) is 11.7 Å². The molecule has 0 aliphatic heterocycles. The van der Waals surface area contributed by atoms with Crippen molar-refractivity contribution in [3.63, 3.8) is 0 Å². The third-order valence-corrected chi connectivity index (χ3v) is 3.02. The zero-order chi connectivity index (χ0) is 14.1. The van der Waals surface area contributed by atoms with E-state index in [1.807, 2.05) is 18.4 Å². The molecule has 0 saturated heterocycles. The van der Waals surface area contributed by atoms with Gasteiger partial charge in [0.1, 0.15) is 5.84 Å². The van der Waals surface area contributed by atoms with Gasteiger partial charge in [0.05, 0.1) is 5.75 Å². The molecular weight excluding hydrogens is 264 g/mol. The second-order valence-electron chi connectivity index (χ2n) is 3.95. The van der Waals surface area contributed by atoms with Crippen molar-refractivity contribution < 1.29 is 10.0 Å². The van der Waals surface area contributed by atoms with E-state index in [0.29, 0.717) is 25.3 Å². The molecule has 0 aliphatic rings. The smallest absolute Gasteiger partial charge is 0.232 e. The second-order valence-corrected chi connectivity index (χ2v) is 4.82. The summed E-state index contributed by atoms with van der Waals surface area (Å²) in [7, 11) is 0. The van der Waals surface area contributed by atoms with Crippen molar-refractivity contribution >= 4 is 23.5 Å². The van der Waals surface area contributed by atoms with Gasteiger partial charge < -0.3 is 15.8 Å². The highest BCUT2D eigenvalue weighted by atomic mass is 32.2. The Hall–Kier alpha value is -1.76. The highest BCUT2D eigenvalue weighted by molar-refractivity contribution is 7.99. The quantitative estimate of drug-likeness (QED) is 0.336. The van der Waals surface area contributed by atoms with E-state index in [4.69, 9.17) is 10.9 Å². The lowest BCUT2D eigenvalue weighted by atomic mass is 10.2. The van der Waals surface area contributed by atoms with E-state index >= 15 is 0 Å². The standard InChI is InChI=1S/C12H18N4O2S/c1-19-9-12(17)16(6-4-11(13)15-18)8-10-3-2-5-14-7-10/h2-3,5,7,18H,4,6,8-9H2,1H3,(H2,13,15). The fourth-order valence-electron chi connectivity index (χ4n) is 1.52. The van der Waals surface area contributed by atoms with Crippen LogP contribution in [0.2, 0.25) is 0 Å². The van der Waals surface area contributed by atoms with Gasteiger partial charge in [-0.1, -0.05) is 11.2 Å². The molecule has 1 heterocycles. The predicted molar refractivity (Wildman–Crippen MR) is 76.1 cm³/mol. The monoisotopic (exact) mass is 282 g/mol. The number of amidine groups is 1. The van der Waals surface area contributed by atoms with Crippen molar-refractivity contribution in [3.05, 3.63) is 30.1 Å². The first kappa shape index (κ1) is 15.3. The number of carbonyl (C=O) groups is 1. The first-order valence-corrected chi connectivity index (χ1v) is 7.18. The molecule has 0 fully saturated rings. The van der Waals surface area contributed by atoms with Crippen LogP contribution in [0.5, 0.6) is 0 Å². The summed E-state index contributed by atoms with van der Waals surface area (Å²) in [6.45, 7) is 0.899. The van der Waals surface area contributed by atoms with Crippen molar-refractivity contribution in [1.29, 1.82) is 0 Å². The molecule has 104 valence electrons. The lowest BCUT2D eigenvalue weighted by molar-refractivity contribution is -0.128. The molecule has 3 N–H and O–H groups in total. The Bertz CT molecular complexity index is 425. The zero-order valence-electron chi connectivity index (χ0n) is 10.8. The molecule has 6 nitrogen and oxygen atoms in total.